The van der Waals surface area contributed by atoms with Gasteiger partial charge in [-0.15, -0.1) is 0 Å². The van der Waals surface area contributed by atoms with Gasteiger partial charge >= 0.3 is 0 Å². The summed E-state index contributed by atoms with van der Waals surface area (Å²) >= 11 is 15.7. The van der Waals surface area contributed by atoms with Crippen molar-refractivity contribution < 1.29 is 0 Å². The predicted molar refractivity (Wildman–Crippen MR) is 79.4 cm³/mol. The van der Waals surface area contributed by atoms with E-state index in [1.165, 1.54) is 0 Å². The molecule has 0 atom stereocenters. The minimum absolute atomic E-state index is 0.592. The van der Waals surface area contributed by atoms with Crippen LogP contribution in [0.1, 0.15) is 11.4 Å². The molecule has 1 N–H and O–H groups in total. The van der Waals surface area contributed by atoms with Gasteiger partial charge in [-0.05, 0) is 35.0 Å². The molecule has 3 nitrogen and oxygen atoms in total. The van der Waals surface area contributed by atoms with Crippen LogP contribution in [0.15, 0.2) is 22.7 Å². The van der Waals surface area contributed by atoms with Crippen molar-refractivity contribution in [3.63, 3.8) is 0 Å². The fourth-order valence-corrected chi connectivity index (χ4v) is 2.50. The maximum absolute atomic E-state index is 6.19. The maximum Gasteiger partial charge on any atom is 0.0865 e. The van der Waals surface area contributed by atoms with Crippen molar-refractivity contribution in [2.45, 2.75) is 13.5 Å². The molecule has 18 heavy (non-hydrogen) atoms. The van der Waals surface area contributed by atoms with E-state index in [1.807, 2.05) is 32.2 Å². The second-order valence-corrected chi connectivity index (χ2v) is 5.50. The zero-order valence-corrected chi connectivity index (χ0v) is 13.1. The summed E-state index contributed by atoms with van der Waals surface area (Å²) < 4.78 is 2.63. The second-order valence-electron chi connectivity index (χ2n) is 3.92. The standard InChI is InChI=1S/C12H12BrCl2N3/c1-7-12(15)10(18(2)17-7)6-16-9-5-3-4-8(14)11(9)13/h3-5,16H,6H2,1-2H3. The molecule has 6 heteroatoms. The van der Waals surface area contributed by atoms with E-state index in [-0.39, 0.29) is 0 Å². The van der Waals surface area contributed by atoms with Crippen molar-refractivity contribution in [1.82, 2.24) is 9.78 Å². The van der Waals surface area contributed by atoms with Crippen LogP contribution in [0.5, 0.6) is 0 Å². The maximum atomic E-state index is 6.19. The Balaban J connectivity index is 2.19. The lowest BCUT2D eigenvalue weighted by Gasteiger charge is -2.10. The monoisotopic (exact) mass is 347 g/mol. The number of halogens is 3. The highest BCUT2D eigenvalue weighted by Gasteiger charge is 2.11. The first-order valence-corrected chi connectivity index (χ1v) is 6.91. The number of nitrogens with one attached hydrogen (secondary N) is 1. The van der Waals surface area contributed by atoms with Crippen LogP contribution in [0.2, 0.25) is 10.0 Å². The van der Waals surface area contributed by atoms with E-state index in [1.54, 1.807) is 4.68 Å². The van der Waals surface area contributed by atoms with Gasteiger partial charge in [0.05, 0.1) is 38.1 Å². The average Bonchev–Trinajstić information content (AvgIpc) is 2.56. The molecule has 0 amide bonds. The smallest absolute Gasteiger partial charge is 0.0865 e. The van der Waals surface area contributed by atoms with Gasteiger partial charge < -0.3 is 5.32 Å². The highest BCUT2D eigenvalue weighted by Crippen LogP contribution is 2.30. The molecule has 0 radical (unpaired) electrons. The summed E-state index contributed by atoms with van der Waals surface area (Å²) in [6.07, 6.45) is 0. The van der Waals surface area contributed by atoms with Crippen LogP contribution in [0.4, 0.5) is 5.69 Å². The molecule has 2 rings (SSSR count). The first-order chi connectivity index (χ1) is 8.50. The Bertz CT molecular complexity index is 581. The summed E-state index contributed by atoms with van der Waals surface area (Å²) in [6.45, 7) is 2.48. The number of aryl methyl sites for hydroxylation is 2. The Morgan fingerprint density at radius 3 is 2.72 bits per heavy atom. The van der Waals surface area contributed by atoms with Crippen LogP contribution in [0.25, 0.3) is 0 Å². The minimum atomic E-state index is 0.592. The minimum Gasteiger partial charge on any atom is -0.378 e. The number of aromatic nitrogens is 2. The molecule has 1 aromatic carbocycles. The third-order valence-corrected chi connectivity index (χ3v) is 4.55. The molecule has 0 fully saturated rings. The van der Waals surface area contributed by atoms with Crippen LogP contribution < -0.4 is 5.32 Å². The molecular formula is C12H12BrCl2N3. The zero-order valence-electron chi connectivity index (χ0n) is 9.97. The molecule has 1 aromatic heterocycles. The van der Waals surface area contributed by atoms with Crippen molar-refractivity contribution >= 4 is 44.8 Å². The number of hydrogen-bond acceptors (Lipinski definition) is 2. The van der Waals surface area contributed by atoms with Gasteiger partial charge in [0.2, 0.25) is 0 Å². The second kappa shape index (κ2) is 5.51. The molecule has 2 aromatic rings. The van der Waals surface area contributed by atoms with Crippen LogP contribution in [0.3, 0.4) is 0 Å². The van der Waals surface area contributed by atoms with Gasteiger partial charge in [0.25, 0.3) is 0 Å². The Morgan fingerprint density at radius 1 is 1.39 bits per heavy atom. The van der Waals surface area contributed by atoms with Crippen molar-refractivity contribution in [3.05, 3.63) is 44.1 Å². The van der Waals surface area contributed by atoms with Crippen molar-refractivity contribution in [1.29, 1.82) is 0 Å². The number of rotatable bonds is 3. The topological polar surface area (TPSA) is 29.9 Å². The predicted octanol–water partition coefficient (Wildman–Crippen LogP) is 4.41. The molecule has 96 valence electrons. The van der Waals surface area contributed by atoms with E-state index in [9.17, 15) is 0 Å². The van der Waals surface area contributed by atoms with Gasteiger partial charge in [0.15, 0.2) is 0 Å². The van der Waals surface area contributed by atoms with E-state index >= 15 is 0 Å². The summed E-state index contributed by atoms with van der Waals surface area (Å²) in [5.74, 6) is 0. The fraction of sp³-hybridized carbons (Fsp3) is 0.250. The Labute approximate surface area is 124 Å². The number of hydrogen-bond donors (Lipinski definition) is 1. The quantitative estimate of drug-likeness (QED) is 0.890. The Kier molecular flexibility index (Phi) is 4.20. The zero-order chi connectivity index (χ0) is 13.3. The molecule has 0 aliphatic carbocycles. The molecule has 0 aliphatic rings. The summed E-state index contributed by atoms with van der Waals surface area (Å²) in [5, 5.41) is 8.93. The molecule has 0 bridgehead atoms. The first-order valence-electron chi connectivity index (χ1n) is 5.36. The molecule has 0 spiro atoms. The first kappa shape index (κ1) is 13.7. The third-order valence-electron chi connectivity index (χ3n) is 2.66. The lowest BCUT2D eigenvalue weighted by Crippen LogP contribution is -2.06. The van der Waals surface area contributed by atoms with E-state index < -0.39 is 0 Å². The lowest BCUT2D eigenvalue weighted by atomic mass is 10.3. The number of nitrogens with zero attached hydrogens (tertiary/aromatic N) is 2. The van der Waals surface area contributed by atoms with Crippen molar-refractivity contribution in [3.8, 4) is 0 Å². The van der Waals surface area contributed by atoms with Gasteiger partial charge in [-0.25, -0.2) is 0 Å². The summed E-state index contributed by atoms with van der Waals surface area (Å²) in [5.41, 5.74) is 2.71. The highest BCUT2D eigenvalue weighted by atomic mass is 79.9. The molecule has 0 aliphatic heterocycles. The molecule has 0 saturated heterocycles. The number of benzene rings is 1. The van der Waals surface area contributed by atoms with Crippen molar-refractivity contribution in [2.24, 2.45) is 7.05 Å². The lowest BCUT2D eigenvalue weighted by molar-refractivity contribution is 0.713. The van der Waals surface area contributed by atoms with Crippen molar-refractivity contribution in [2.75, 3.05) is 5.32 Å². The Morgan fingerprint density at radius 2 is 2.11 bits per heavy atom. The fourth-order valence-electron chi connectivity index (χ4n) is 1.69. The highest BCUT2D eigenvalue weighted by molar-refractivity contribution is 9.10. The van der Waals surface area contributed by atoms with Gasteiger partial charge in [-0.2, -0.15) is 5.10 Å². The van der Waals surface area contributed by atoms with Crippen LogP contribution in [-0.2, 0) is 13.6 Å². The normalized spacial score (nSPS) is 10.7. The van der Waals surface area contributed by atoms with Gasteiger partial charge in [0, 0.05) is 7.05 Å². The van der Waals surface area contributed by atoms with Gasteiger partial charge in [-0.1, -0.05) is 29.3 Å². The summed E-state index contributed by atoms with van der Waals surface area (Å²) in [7, 11) is 1.88. The van der Waals surface area contributed by atoms with Crippen LogP contribution in [-0.4, -0.2) is 9.78 Å². The SMILES string of the molecule is Cc1nn(C)c(CNc2cccc(Cl)c2Br)c1Cl. The van der Waals surface area contributed by atoms with E-state index in [2.05, 4.69) is 26.3 Å². The summed E-state index contributed by atoms with van der Waals surface area (Å²) in [6, 6.07) is 5.68. The van der Waals surface area contributed by atoms with Gasteiger partial charge in [-0.3, -0.25) is 4.68 Å². The van der Waals surface area contributed by atoms with Crippen LogP contribution >= 0.6 is 39.1 Å². The molecular weight excluding hydrogens is 337 g/mol. The third kappa shape index (κ3) is 2.66. The molecule has 0 unspecified atom stereocenters. The molecule has 1 heterocycles. The van der Waals surface area contributed by atoms with Gasteiger partial charge in [0.1, 0.15) is 0 Å². The average molecular weight is 349 g/mol. The van der Waals surface area contributed by atoms with E-state index in [4.69, 9.17) is 23.2 Å². The Hall–Kier alpha value is -0.710. The largest absolute Gasteiger partial charge is 0.378 e. The van der Waals surface area contributed by atoms with E-state index in [0.717, 1.165) is 21.5 Å². The summed E-state index contributed by atoms with van der Waals surface area (Å²) in [4.78, 5) is 0. The van der Waals surface area contributed by atoms with Crippen LogP contribution in [0, 0.1) is 6.92 Å². The number of anilines is 1. The molecule has 0 saturated carbocycles. The van der Waals surface area contributed by atoms with E-state index in [0.29, 0.717) is 16.6 Å².